The number of amides is 1. The number of nitrogens with one attached hydrogen (secondary N) is 1. The summed E-state index contributed by atoms with van der Waals surface area (Å²) in [6.45, 7) is 0. The van der Waals surface area contributed by atoms with E-state index in [1.807, 2.05) is 65.2 Å². The van der Waals surface area contributed by atoms with Crippen LogP contribution in [0.2, 0.25) is 0 Å². The van der Waals surface area contributed by atoms with Gasteiger partial charge in [-0.3, -0.25) is 9.20 Å². The first-order chi connectivity index (χ1) is 12.7. The molecule has 128 valence electrons. The Bertz CT molecular complexity index is 1070. The van der Waals surface area contributed by atoms with Gasteiger partial charge in [0.15, 0.2) is 0 Å². The number of benzene rings is 2. The van der Waals surface area contributed by atoms with Crippen molar-refractivity contribution in [1.82, 2.24) is 9.38 Å². The SMILES string of the molecule is O=C(Nc1c(Cc2ccccc2)nc2ccccn12)c1ccccc1Br. The number of anilines is 1. The number of imidazole rings is 1. The van der Waals surface area contributed by atoms with Crippen LogP contribution in [0.5, 0.6) is 0 Å². The van der Waals surface area contributed by atoms with E-state index in [2.05, 4.69) is 33.4 Å². The molecule has 4 rings (SSSR count). The maximum atomic E-state index is 12.8. The average Bonchev–Trinajstić information content (AvgIpc) is 3.00. The van der Waals surface area contributed by atoms with Crippen molar-refractivity contribution in [2.45, 2.75) is 6.42 Å². The van der Waals surface area contributed by atoms with E-state index in [-0.39, 0.29) is 5.91 Å². The van der Waals surface area contributed by atoms with Crippen molar-refractivity contribution in [3.05, 3.63) is 100 Å². The van der Waals surface area contributed by atoms with Crippen LogP contribution in [0.4, 0.5) is 5.82 Å². The van der Waals surface area contributed by atoms with E-state index < -0.39 is 0 Å². The van der Waals surface area contributed by atoms with E-state index in [1.165, 1.54) is 0 Å². The molecular weight excluding hydrogens is 390 g/mol. The van der Waals surface area contributed by atoms with Crippen LogP contribution in [0.1, 0.15) is 21.6 Å². The van der Waals surface area contributed by atoms with E-state index in [4.69, 9.17) is 4.98 Å². The van der Waals surface area contributed by atoms with Gasteiger partial charge in [-0.15, -0.1) is 0 Å². The number of aromatic nitrogens is 2. The fourth-order valence-corrected chi connectivity index (χ4v) is 3.37. The molecule has 0 fully saturated rings. The number of carbonyl (C=O) groups excluding carboxylic acids is 1. The fraction of sp³-hybridized carbons (Fsp3) is 0.0476. The minimum Gasteiger partial charge on any atom is -0.306 e. The molecule has 0 radical (unpaired) electrons. The third-order valence-corrected chi connectivity index (χ3v) is 4.86. The van der Waals surface area contributed by atoms with Crippen LogP contribution >= 0.6 is 15.9 Å². The Morgan fingerprint density at radius 2 is 1.69 bits per heavy atom. The summed E-state index contributed by atoms with van der Waals surface area (Å²) in [5, 5.41) is 3.04. The lowest BCUT2D eigenvalue weighted by atomic mass is 10.1. The second-order valence-electron chi connectivity index (χ2n) is 5.93. The first kappa shape index (κ1) is 16.5. The van der Waals surface area contributed by atoms with Gasteiger partial charge in [0.25, 0.3) is 5.91 Å². The molecule has 0 aliphatic carbocycles. The molecule has 0 aliphatic rings. The van der Waals surface area contributed by atoms with Crippen LogP contribution in [0.15, 0.2) is 83.5 Å². The number of rotatable bonds is 4. The second kappa shape index (κ2) is 7.14. The molecule has 2 heterocycles. The van der Waals surface area contributed by atoms with Gasteiger partial charge in [0.05, 0.1) is 11.3 Å². The third kappa shape index (κ3) is 3.26. The molecular formula is C21H16BrN3O. The Morgan fingerprint density at radius 1 is 0.962 bits per heavy atom. The van der Waals surface area contributed by atoms with Crippen LogP contribution in [0.3, 0.4) is 0 Å². The Kier molecular flexibility index (Phi) is 4.54. The molecule has 26 heavy (non-hydrogen) atoms. The number of carbonyl (C=O) groups is 1. The molecule has 4 aromatic rings. The van der Waals surface area contributed by atoms with Crippen molar-refractivity contribution < 1.29 is 4.79 Å². The van der Waals surface area contributed by atoms with E-state index in [0.717, 1.165) is 21.4 Å². The van der Waals surface area contributed by atoms with Crippen LogP contribution in [-0.2, 0) is 6.42 Å². The highest BCUT2D eigenvalue weighted by atomic mass is 79.9. The molecule has 0 atom stereocenters. The first-order valence-electron chi connectivity index (χ1n) is 8.28. The summed E-state index contributed by atoms with van der Waals surface area (Å²) in [5.74, 6) is 0.530. The first-order valence-corrected chi connectivity index (χ1v) is 9.07. The molecule has 2 aromatic carbocycles. The summed E-state index contributed by atoms with van der Waals surface area (Å²) in [7, 11) is 0. The lowest BCUT2D eigenvalue weighted by Crippen LogP contribution is -2.15. The molecule has 0 saturated heterocycles. The summed E-state index contributed by atoms with van der Waals surface area (Å²) >= 11 is 3.44. The van der Waals surface area contributed by atoms with Crippen molar-refractivity contribution in [2.75, 3.05) is 5.32 Å². The van der Waals surface area contributed by atoms with Crippen LogP contribution in [-0.4, -0.2) is 15.3 Å². The van der Waals surface area contributed by atoms with E-state index >= 15 is 0 Å². The maximum absolute atomic E-state index is 12.8. The fourth-order valence-electron chi connectivity index (χ4n) is 2.91. The minimum atomic E-state index is -0.169. The zero-order valence-corrected chi connectivity index (χ0v) is 15.5. The molecule has 1 N–H and O–H groups in total. The number of pyridine rings is 1. The minimum absolute atomic E-state index is 0.169. The van der Waals surface area contributed by atoms with Gasteiger partial charge in [0, 0.05) is 17.1 Å². The molecule has 0 aliphatic heterocycles. The molecule has 0 spiro atoms. The summed E-state index contributed by atoms with van der Waals surface area (Å²) in [5.41, 5.74) is 3.38. The van der Waals surface area contributed by atoms with Gasteiger partial charge < -0.3 is 5.32 Å². The molecule has 5 heteroatoms. The summed E-state index contributed by atoms with van der Waals surface area (Å²) in [6, 6.07) is 23.3. The van der Waals surface area contributed by atoms with Gasteiger partial charge in [0.2, 0.25) is 0 Å². The van der Waals surface area contributed by atoms with Crippen LogP contribution < -0.4 is 5.32 Å². The van der Waals surface area contributed by atoms with E-state index in [1.54, 1.807) is 6.07 Å². The predicted molar refractivity (Wildman–Crippen MR) is 107 cm³/mol. The molecule has 2 aromatic heterocycles. The Balaban J connectivity index is 1.74. The zero-order chi connectivity index (χ0) is 17.9. The van der Waals surface area contributed by atoms with Crippen LogP contribution in [0.25, 0.3) is 5.65 Å². The number of hydrogen-bond acceptors (Lipinski definition) is 2. The maximum Gasteiger partial charge on any atom is 0.257 e. The summed E-state index contributed by atoms with van der Waals surface area (Å²) in [6.07, 6.45) is 2.56. The number of halogens is 1. The zero-order valence-electron chi connectivity index (χ0n) is 13.9. The number of fused-ring (bicyclic) bond motifs is 1. The highest BCUT2D eigenvalue weighted by molar-refractivity contribution is 9.10. The Labute approximate surface area is 159 Å². The predicted octanol–water partition coefficient (Wildman–Crippen LogP) is 4.94. The van der Waals surface area contributed by atoms with Gasteiger partial charge in [-0.05, 0) is 45.8 Å². The number of nitrogens with zero attached hydrogens (tertiary/aromatic N) is 2. The van der Waals surface area contributed by atoms with Gasteiger partial charge >= 0.3 is 0 Å². The standard InChI is InChI=1S/C21H16BrN3O/c22-17-11-5-4-10-16(17)21(26)24-20-18(14-15-8-2-1-3-9-15)23-19-12-6-7-13-25(19)20/h1-13H,14H2,(H,24,26). The molecule has 0 saturated carbocycles. The van der Waals surface area contributed by atoms with Gasteiger partial charge in [0.1, 0.15) is 11.5 Å². The Hall–Kier alpha value is -2.92. The van der Waals surface area contributed by atoms with Crippen molar-refractivity contribution in [3.63, 3.8) is 0 Å². The molecule has 0 bridgehead atoms. The highest BCUT2D eigenvalue weighted by Gasteiger charge is 2.17. The van der Waals surface area contributed by atoms with Crippen molar-refractivity contribution in [1.29, 1.82) is 0 Å². The largest absolute Gasteiger partial charge is 0.306 e. The lowest BCUT2D eigenvalue weighted by Gasteiger charge is -2.09. The van der Waals surface area contributed by atoms with Crippen LogP contribution in [0, 0.1) is 0 Å². The van der Waals surface area contributed by atoms with Gasteiger partial charge in [-0.25, -0.2) is 4.98 Å². The molecule has 1 amide bonds. The smallest absolute Gasteiger partial charge is 0.257 e. The number of hydrogen-bond donors (Lipinski definition) is 1. The van der Waals surface area contributed by atoms with Crippen molar-refractivity contribution in [2.24, 2.45) is 0 Å². The van der Waals surface area contributed by atoms with E-state index in [0.29, 0.717) is 17.8 Å². The summed E-state index contributed by atoms with van der Waals surface area (Å²) < 4.78 is 2.67. The van der Waals surface area contributed by atoms with Crippen molar-refractivity contribution >= 4 is 33.3 Å². The lowest BCUT2D eigenvalue weighted by molar-refractivity contribution is 0.102. The topological polar surface area (TPSA) is 46.4 Å². The monoisotopic (exact) mass is 405 g/mol. The van der Waals surface area contributed by atoms with Gasteiger partial charge in [-0.1, -0.05) is 48.5 Å². The quantitative estimate of drug-likeness (QED) is 0.522. The average molecular weight is 406 g/mol. The van der Waals surface area contributed by atoms with Gasteiger partial charge in [-0.2, -0.15) is 0 Å². The van der Waals surface area contributed by atoms with Crippen molar-refractivity contribution in [3.8, 4) is 0 Å². The normalized spacial score (nSPS) is 10.8. The summed E-state index contributed by atoms with van der Waals surface area (Å²) in [4.78, 5) is 17.5. The van der Waals surface area contributed by atoms with E-state index in [9.17, 15) is 4.79 Å². The second-order valence-corrected chi connectivity index (χ2v) is 6.79. The third-order valence-electron chi connectivity index (χ3n) is 4.17. The molecule has 4 nitrogen and oxygen atoms in total. The highest BCUT2D eigenvalue weighted by Crippen LogP contribution is 2.23. The molecule has 0 unspecified atom stereocenters. The Morgan fingerprint density at radius 3 is 2.50 bits per heavy atom.